The molecule has 0 aliphatic carbocycles. The summed E-state index contributed by atoms with van der Waals surface area (Å²) < 4.78 is 10.9. The van der Waals surface area contributed by atoms with Crippen LogP contribution in [0.25, 0.3) is 22.0 Å². The van der Waals surface area contributed by atoms with Gasteiger partial charge < -0.3 is 14.8 Å². The largest absolute Gasteiger partial charge is 0.497 e. The lowest BCUT2D eigenvalue weighted by Gasteiger charge is -2.10. The van der Waals surface area contributed by atoms with Gasteiger partial charge in [0.25, 0.3) is 5.91 Å². The van der Waals surface area contributed by atoms with Gasteiger partial charge in [-0.15, -0.1) is 11.3 Å². The zero-order valence-electron chi connectivity index (χ0n) is 20.6. The van der Waals surface area contributed by atoms with Crippen molar-refractivity contribution < 1.29 is 14.3 Å². The Labute approximate surface area is 228 Å². The third-order valence-corrected chi connectivity index (χ3v) is 6.86. The summed E-state index contributed by atoms with van der Waals surface area (Å²) in [6.07, 6.45) is 1.58. The van der Waals surface area contributed by atoms with E-state index in [1.807, 2.05) is 72.1 Å². The lowest BCUT2D eigenvalue weighted by molar-refractivity contribution is 0.0955. The summed E-state index contributed by atoms with van der Waals surface area (Å²) in [5, 5.41) is 12.8. The van der Waals surface area contributed by atoms with E-state index in [4.69, 9.17) is 21.1 Å². The number of anilines is 2. The Hall–Kier alpha value is -4.40. The van der Waals surface area contributed by atoms with E-state index in [2.05, 4.69) is 20.8 Å². The lowest BCUT2D eigenvalue weighted by Crippen LogP contribution is -2.17. The first-order chi connectivity index (χ1) is 18.5. The summed E-state index contributed by atoms with van der Waals surface area (Å²) in [6.45, 7) is 0. The topological polar surface area (TPSA) is 84.8 Å². The zero-order chi connectivity index (χ0) is 26.5. The normalized spacial score (nSPS) is 11.0. The van der Waals surface area contributed by atoms with Crippen molar-refractivity contribution in [1.82, 2.24) is 10.4 Å². The lowest BCUT2D eigenvalue weighted by atomic mass is 10.0. The highest BCUT2D eigenvalue weighted by Gasteiger charge is 2.10. The van der Waals surface area contributed by atoms with Gasteiger partial charge in [-0.05, 0) is 65.4 Å². The van der Waals surface area contributed by atoms with Gasteiger partial charge in [0.2, 0.25) is 0 Å². The molecule has 0 fully saturated rings. The SMILES string of the molecule is COc1ccc2ccc(OC)c(/C=N\NC(=O)c3ccc(-c4csc(Nc5ccc(Cl)cc5)n4)cc3)c2c1. The number of halogens is 1. The number of methoxy groups -OCH3 is 2. The van der Waals surface area contributed by atoms with Gasteiger partial charge in [-0.25, -0.2) is 10.4 Å². The number of fused-ring (bicyclic) bond motifs is 1. The Balaban J connectivity index is 1.27. The molecule has 1 aromatic heterocycles. The fourth-order valence-electron chi connectivity index (χ4n) is 3.87. The fourth-order valence-corrected chi connectivity index (χ4v) is 4.74. The van der Waals surface area contributed by atoms with Crippen LogP contribution in [0.4, 0.5) is 10.8 Å². The third-order valence-electron chi connectivity index (χ3n) is 5.85. The number of ether oxygens (including phenoxy) is 2. The summed E-state index contributed by atoms with van der Waals surface area (Å²) in [7, 11) is 3.21. The first-order valence-corrected chi connectivity index (χ1v) is 12.9. The maximum absolute atomic E-state index is 12.7. The van der Waals surface area contributed by atoms with E-state index >= 15 is 0 Å². The minimum atomic E-state index is -0.326. The van der Waals surface area contributed by atoms with Gasteiger partial charge in [0.15, 0.2) is 5.13 Å². The summed E-state index contributed by atoms with van der Waals surface area (Å²) in [4.78, 5) is 17.4. The first kappa shape index (κ1) is 25.3. The van der Waals surface area contributed by atoms with Gasteiger partial charge in [0, 0.05) is 32.8 Å². The van der Waals surface area contributed by atoms with Crippen molar-refractivity contribution in [2.24, 2.45) is 5.10 Å². The van der Waals surface area contributed by atoms with E-state index < -0.39 is 0 Å². The molecule has 38 heavy (non-hydrogen) atoms. The third kappa shape index (κ3) is 5.61. The second-order valence-corrected chi connectivity index (χ2v) is 9.51. The van der Waals surface area contributed by atoms with E-state index in [0.717, 1.165) is 44.2 Å². The standard InChI is InChI=1S/C29H23ClN4O3S/c1-36-23-13-7-18-8-14-27(37-2)25(24(18)15-23)16-31-34-28(35)20-5-3-19(4-6-20)26-17-38-29(33-26)32-22-11-9-21(30)10-12-22/h3-17H,1-2H3,(H,32,33)(H,34,35)/b31-16-. The molecule has 0 saturated heterocycles. The van der Waals surface area contributed by atoms with Crippen LogP contribution in [-0.2, 0) is 0 Å². The molecule has 0 aliphatic heterocycles. The highest BCUT2D eigenvalue weighted by atomic mass is 35.5. The number of hydrogen-bond donors (Lipinski definition) is 2. The number of hydrogen-bond acceptors (Lipinski definition) is 7. The molecule has 0 aliphatic rings. The molecule has 0 atom stereocenters. The Kier molecular flexibility index (Phi) is 7.53. The van der Waals surface area contributed by atoms with Crippen molar-refractivity contribution >= 4 is 56.7 Å². The maximum Gasteiger partial charge on any atom is 0.271 e. The van der Waals surface area contributed by atoms with Gasteiger partial charge in [0.05, 0.1) is 26.1 Å². The molecule has 0 radical (unpaired) electrons. The number of rotatable bonds is 8. The summed E-state index contributed by atoms with van der Waals surface area (Å²) in [5.74, 6) is 1.03. The van der Waals surface area contributed by atoms with Crippen molar-refractivity contribution in [2.75, 3.05) is 19.5 Å². The highest BCUT2D eigenvalue weighted by molar-refractivity contribution is 7.14. The Morgan fingerprint density at radius 3 is 2.47 bits per heavy atom. The van der Waals surface area contributed by atoms with Crippen LogP contribution in [0.15, 0.2) is 89.3 Å². The predicted octanol–water partition coefficient (Wildman–Crippen LogP) is 7.14. The molecule has 5 rings (SSSR count). The van der Waals surface area contributed by atoms with Gasteiger partial charge in [-0.1, -0.05) is 35.9 Å². The summed E-state index contributed by atoms with van der Waals surface area (Å²) >= 11 is 7.44. The fraction of sp³-hybridized carbons (Fsp3) is 0.0690. The smallest absolute Gasteiger partial charge is 0.271 e. The summed E-state index contributed by atoms with van der Waals surface area (Å²) in [5.41, 5.74) is 6.44. The van der Waals surface area contributed by atoms with Crippen LogP contribution >= 0.6 is 22.9 Å². The number of carbonyl (C=O) groups excluding carboxylic acids is 1. The molecule has 7 nitrogen and oxygen atoms in total. The number of benzene rings is 4. The van der Waals surface area contributed by atoms with Gasteiger partial charge in [-0.2, -0.15) is 5.10 Å². The number of nitrogens with one attached hydrogen (secondary N) is 2. The number of thiazole rings is 1. The average Bonchev–Trinajstić information content (AvgIpc) is 3.42. The van der Waals surface area contributed by atoms with Crippen LogP contribution in [0.5, 0.6) is 11.5 Å². The quantitative estimate of drug-likeness (QED) is 0.161. The monoisotopic (exact) mass is 542 g/mol. The van der Waals surface area contributed by atoms with Crippen molar-refractivity contribution in [1.29, 1.82) is 0 Å². The van der Waals surface area contributed by atoms with Crippen LogP contribution < -0.4 is 20.2 Å². The van der Waals surface area contributed by atoms with E-state index in [0.29, 0.717) is 16.3 Å². The molecule has 190 valence electrons. The van der Waals surface area contributed by atoms with Crippen molar-refractivity contribution in [3.05, 3.63) is 100 Å². The Morgan fingerprint density at radius 2 is 1.74 bits per heavy atom. The molecule has 2 N–H and O–H groups in total. The summed E-state index contributed by atoms with van der Waals surface area (Å²) in [6, 6.07) is 24.2. The Bertz CT molecular complexity index is 1610. The predicted molar refractivity (Wildman–Crippen MR) is 154 cm³/mol. The average molecular weight is 543 g/mol. The molecular formula is C29H23ClN4O3S. The van der Waals surface area contributed by atoms with Crippen molar-refractivity contribution in [2.45, 2.75) is 0 Å². The minimum absolute atomic E-state index is 0.326. The molecule has 1 heterocycles. The molecule has 0 unspecified atom stereocenters. The second kappa shape index (κ2) is 11.3. The Morgan fingerprint density at radius 1 is 0.974 bits per heavy atom. The first-order valence-electron chi connectivity index (χ1n) is 11.6. The number of aromatic nitrogens is 1. The second-order valence-electron chi connectivity index (χ2n) is 8.21. The highest BCUT2D eigenvalue weighted by Crippen LogP contribution is 2.30. The molecule has 1 amide bonds. The number of nitrogens with zero attached hydrogens (tertiary/aromatic N) is 2. The molecule has 9 heteroatoms. The van der Waals surface area contributed by atoms with Gasteiger partial charge >= 0.3 is 0 Å². The van der Waals surface area contributed by atoms with E-state index in [9.17, 15) is 4.79 Å². The number of amides is 1. The van der Waals surface area contributed by atoms with Crippen LogP contribution in [0.3, 0.4) is 0 Å². The van der Waals surface area contributed by atoms with Crippen LogP contribution in [0.2, 0.25) is 5.02 Å². The van der Waals surface area contributed by atoms with Crippen LogP contribution in [-0.4, -0.2) is 31.3 Å². The van der Waals surface area contributed by atoms with E-state index in [-0.39, 0.29) is 5.91 Å². The number of hydrazone groups is 1. The maximum atomic E-state index is 12.7. The molecule has 0 bridgehead atoms. The minimum Gasteiger partial charge on any atom is -0.497 e. The van der Waals surface area contributed by atoms with Crippen molar-refractivity contribution in [3.8, 4) is 22.8 Å². The van der Waals surface area contributed by atoms with Crippen LogP contribution in [0.1, 0.15) is 15.9 Å². The zero-order valence-corrected chi connectivity index (χ0v) is 22.1. The molecule has 0 saturated carbocycles. The van der Waals surface area contributed by atoms with Gasteiger partial charge in [-0.3, -0.25) is 4.79 Å². The van der Waals surface area contributed by atoms with E-state index in [1.165, 1.54) is 11.3 Å². The molecule has 0 spiro atoms. The van der Waals surface area contributed by atoms with Crippen LogP contribution in [0, 0.1) is 0 Å². The van der Waals surface area contributed by atoms with Gasteiger partial charge in [0.1, 0.15) is 11.5 Å². The molecule has 4 aromatic carbocycles. The molecular weight excluding hydrogens is 520 g/mol. The van der Waals surface area contributed by atoms with E-state index in [1.54, 1.807) is 32.6 Å². The number of carbonyl (C=O) groups is 1. The molecule has 5 aromatic rings. The van der Waals surface area contributed by atoms with Crippen molar-refractivity contribution in [3.63, 3.8) is 0 Å².